The Morgan fingerprint density at radius 3 is 2.44 bits per heavy atom. The summed E-state index contributed by atoms with van der Waals surface area (Å²) in [4.78, 5) is 38.7. The number of benzene rings is 1. The molecular formula is C29H45N3O4. The van der Waals surface area contributed by atoms with E-state index in [1.807, 2.05) is 52.0 Å². The summed E-state index contributed by atoms with van der Waals surface area (Å²) in [7, 11) is 0. The van der Waals surface area contributed by atoms with Crippen molar-refractivity contribution in [2.24, 2.45) is 17.6 Å². The fourth-order valence-corrected chi connectivity index (χ4v) is 3.48. The van der Waals surface area contributed by atoms with Gasteiger partial charge in [-0.3, -0.25) is 14.4 Å². The zero-order chi connectivity index (χ0) is 27.5. The van der Waals surface area contributed by atoms with Crippen LogP contribution in [0.4, 0.5) is 0 Å². The molecule has 0 spiro atoms. The van der Waals surface area contributed by atoms with Gasteiger partial charge in [-0.25, -0.2) is 0 Å². The van der Waals surface area contributed by atoms with Crippen LogP contribution in [0.2, 0.25) is 0 Å². The Morgan fingerprint density at radius 1 is 1.19 bits per heavy atom. The van der Waals surface area contributed by atoms with Crippen molar-refractivity contribution in [2.45, 2.75) is 66.8 Å². The first-order valence-corrected chi connectivity index (χ1v) is 12.8. The van der Waals surface area contributed by atoms with Crippen molar-refractivity contribution in [2.75, 3.05) is 13.1 Å². The van der Waals surface area contributed by atoms with Crippen LogP contribution in [0.5, 0.6) is 5.75 Å². The number of carbonyl (C=O) groups is 3. The second-order valence-electron chi connectivity index (χ2n) is 8.64. The Morgan fingerprint density at radius 2 is 1.89 bits per heavy atom. The molecular weight excluding hydrogens is 454 g/mol. The van der Waals surface area contributed by atoms with Gasteiger partial charge in [-0.05, 0) is 48.6 Å². The van der Waals surface area contributed by atoms with Gasteiger partial charge in [0.15, 0.2) is 0 Å². The van der Waals surface area contributed by atoms with E-state index in [1.54, 1.807) is 23.1 Å². The molecule has 0 radical (unpaired) electrons. The van der Waals surface area contributed by atoms with E-state index >= 15 is 0 Å². The molecule has 3 N–H and O–H groups in total. The van der Waals surface area contributed by atoms with Crippen molar-refractivity contribution >= 4 is 17.7 Å². The number of primary amides is 1. The maximum Gasteiger partial charge on any atom is 0.242 e. The molecule has 1 aromatic carbocycles. The van der Waals surface area contributed by atoms with E-state index in [9.17, 15) is 14.4 Å². The van der Waals surface area contributed by atoms with Gasteiger partial charge in [-0.1, -0.05) is 72.4 Å². The van der Waals surface area contributed by atoms with Gasteiger partial charge in [0.25, 0.3) is 0 Å². The van der Waals surface area contributed by atoms with Crippen molar-refractivity contribution in [1.82, 2.24) is 10.2 Å². The molecule has 36 heavy (non-hydrogen) atoms. The molecule has 1 atom stereocenters. The predicted octanol–water partition coefficient (Wildman–Crippen LogP) is 5.13. The summed E-state index contributed by atoms with van der Waals surface area (Å²) in [5, 5.41) is 2.70. The van der Waals surface area contributed by atoms with Gasteiger partial charge in [0.1, 0.15) is 11.5 Å². The molecule has 1 unspecified atom stereocenters. The minimum absolute atomic E-state index is 0.0302. The molecule has 0 fully saturated rings. The van der Waals surface area contributed by atoms with Gasteiger partial charge in [-0.2, -0.15) is 0 Å². The van der Waals surface area contributed by atoms with Gasteiger partial charge in [0, 0.05) is 25.4 Å². The van der Waals surface area contributed by atoms with Crippen LogP contribution in [0.25, 0.3) is 0 Å². The molecule has 0 saturated heterocycles. The summed E-state index contributed by atoms with van der Waals surface area (Å²) in [5.74, 6) is -0.145. The molecule has 1 rings (SSSR count). The first kappa shape index (κ1) is 32.7. The second kappa shape index (κ2) is 18.9. The predicted molar refractivity (Wildman–Crippen MR) is 147 cm³/mol. The Kier molecular flexibility index (Phi) is 17.2. The van der Waals surface area contributed by atoms with E-state index in [-0.39, 0.29) is 30.7 Å². The molecule has 7 nitrogen and oxygen atoms in total. The topological polar surface area (TPSA) is 102 Å². The number of nitrogens with one attached hydrogen (secondary N) is 1. The molecule has 0 aliphatic rings. The first-order chi connectivity index (χ1) is 17.2. The monoisotopic (exact) mass is 499 g/mol. The lowest BCUT2D eigenvalue weighted by atomic mass is 9.93. The van der Waals surface area contributed by atoms with Crippen LogP contribution < -0.4 is 15.8 Å². The standard InChI is InChI=1S/C27H39N3O4.C2H6/c1-6-9-14-30(19-21-12-10-13-24(16-21)34-23(8-3)11-7-2)26(32)18-29-27(33)22(15-20(4)5)17-25(28)31;1-2/h7-8,10-13,16,20,22H,2-3,6,9,14-15,17-19H2,1,4-5H3,(H2,28,31)(H,29,33);1-2H3/b23-11+;. The summed E-state index contributed by atoms with van der Waals surface area (Å²) in [6, 6.07) is 7.49. The number of hydrogen-bond donors (Lipinski definition) is 2. The zero-order valence-corrected chi connectivity index (χ0v) is 22.7. The van der Waals surface area contributed by atoms with Gasteiger partial charge >= 0.3 is 0 Å². The first-order valence-electron chi connectivity index (χ1n) is 12.8. The van der Waals surface area contributed by atoms with E-state index in [0.717, 1.165) is 18.4 Å². The minimum Gasteiger partial charge on any atom is -0.457 e. The Bertz CT molecular complexity index is 877. The number of hydrogen-bond acceptors (Lipinski definition) is 4. The fourth-order valence-electron chi connectivity index (χ4n) is 3.48. The van der Waals surface area contributed by atoms with Gasteiger partial charge in [0.2, 0.25) is 17.7 Å². The van der Waals surface area contributed by atoms with Gasteiger partial charge < -0.3 is 20.7 Å². The second-order valence-corrected chi connectivity index (χ2v) is 8.64. The van der Waals surface area contributed by atoms with Crippen LogP contribution in [0, 0.1) is 11.8 Å². The Labute approximate surface area is 217 Å². The number of amides is 3. The van der Waals surface area contributed by atoms with E-state index in [1.165, 1.54) is 0 Å². The van der Waals surface area contributed by atoms with E-state index in [2.05, 4.69) is 25.4 Å². The van der Waals surface area contributed by atoms with Crippen molar-refractivity contribution in [3.8, 4) is 5.75 Å². The lowest BCUT2D eigenvalue weighted by molar-refractivity contribution is -0.135. The number of carbonyl (C=O) groups excluding carboxylic acids is 3. The summed E-state index contributed by atoms with van der Waals surface area (Å²) in [6.07, 6.45) is 7.21. The number of nitrogens with zero attached hydrogens (tertiary/aromatic N) is 1. The highest BCUT2D eigenvalue weighted by Crippen LogP contribution is 2.19. The van der Waals surface area contributed by atoms with Crippen molar-refractivity contribution in [3.05, 3.63) is 67.0 Å². The summed E-state index contributed by atoms with van der Waals surface area (Å²) < 4.78 is 5.81. The van der Waals surface area contributed by atoms with Crippen LogP contribution in [0.1, 0.15) is 65.9 Å². The van der Waals surface area contributed by atoms with Crippen molar-refractivity contribution in [3.63, 3.8) is 0 Å². The highest BCUT2D eigenvalue weighted by Gasteiger charge is 2.23. The molecule has 0 saturated carbocycles. The number of rotatable bonds is 16. The molecule has 1 aromatic rings. The third-order valence-electron chi connectivity index (χ3n) is 5.11. The van der Waals surface area contributed by atoms with E-state index in [4.69, 9.17) is 10.5 Å². The number of unbranched alkanes of at least 4 members (excludes halogenated alkanes) is 1. The van der Waals surface area contributed by atoms with Crippen LogP contribution in [0.15, 0.2) is 61.4 Å². The molecule has 0 bridgehead atoms. The fraction of sp³-hybridized carbons (Fsp3) is 0.483. The van der Waals surface area contributed by atoms with Crippen molar-refractivity contribution < 1.29 is 19.1 Å². The molecule has 3 amide bonds. The largest absolute Gasteiger partial charge is 0.457 e. The highest BCUT2D eigenvalue weighted by atomic mass is 16.5. The van der Waals surface area contributed by atoms with Crippen LogP contribution >= 0.6 is 0 Å². The summed E-state index contributed by atoms with van der Waals surface area (Å²) >= 11 is 0. The normalized spacial score (nSPS) is 11.6. The highest BCUT2D eigenvalue weighted by molar-refractivity contribution is 5.88. The maximum atomic E-state index is 13.0. The summed E-state index contributed by atoms with van der Waals surface area (Å²) in [6.45, 7) is 18.2. The quantitative estimate of drug-likeness (QED) is 0.243. The Hall–Kier alpha value is -3.35. The average Bonchev–Trinajstić information content (AvgIpc) is 2.85. The van der Waals surface area contributed by atoms with Crippen LogP contribution in [0.3, 0.4) is 0 Å². The smallest absolute Gasteiger partial charge is 0.242 e. The summed E-state index contributed by atoms with van der Waals surface area (Å²) in [5.41, 5.74) is 6.21. The average molecular weight is 500 g/mol. The van der Waals surface area contributed by atoms with E-state index in [0.29, 0.717) is 31.0 Å². The van der Waals surface area contributed by atoms with Crippen LogP contribution in [-0.4, -0.2) is 35.7 Å². The molecule has 0 aliphatic heterocycles. The number of allylic oxidation sites excluding steroid dienone is 3. The lowest BCUT2D eigenvalue weighted by Gasteiger charge is -2.24. The SMILES string of the molecule is C=C/C=C(\C=C)Oc1cccc(CN(CCCC)C(=O)CNC(=O)C(CC(N)=O)CC(C)C)c1.CC. The van der Waals surface area contributed by atoms with E-state index < -0.39 is 11.8 Å². The van der Waals surface area contributed by atoms with Crippen LogP contribution in [-0.2, 0) is 20.9 Å². The van der Waals surface area contributed by atoms with Crippen molar-refractivity contribution in [1.29, 1.82) is 0 Å². The number of nitrogens with two attached hydrogens (primary N) is 1. The molecule has 0 aromatic heterocycles. The lowest BCUT2D eigenvalue weighted by Crippen LogP contribution is -2.43. The number of ether oxygens (including phenoxy) is 1. The van der Waals surface area contributed by atoms with Gasteiger partial charge in [-0.15, -0.1) is 0 Å². The molecule has 0 heterocycles. The molecule has 7 heteroatoms. The zero-order valence-electron chi connectivity index (χ0n) is 22.7. The Balaban J connectivity index is 0.00000596. The molecule has 200 valence electrons. The van der Waals surface area contributed by atoms with Gasteiger partial charge in [0.05, 0.1) is 6.54 Å². The third kappa shape index (κ3) is 13.5. The minimum atomic E-state index is -0.536. The maximum absolute atomic E-state index is 13.0. The molecule has 0 aliphatic carbocycles. The third-order valence-corrected chi connectivity index (χ3v) is 5.11.